The Kier molecular flexibility index (Phi) is 4.40. The lowest BCUT2D eigenvalue weighted by Gasteiger charge is -2.47. The number of rotatable bonds is 2. The molecule has 1 N–H and O–H groups in total. The highest BCUT2D eigenvalue weighted by Crippen LogP contribution is 2.32. The molecule has 2 amide bonds. The van der Waals surface area contributed by atoms with Crippen LogP contribution in [0.4, 0.5) is 0 Å². The third kappa shape index (κ3) is 2.70. The molecule has 1 aliphatic heterocycles. The van der Waals surface area contributed by atoms with Crippen LogP contribution >= 0.6 is 0 Å². The highest BCUT2D eigenvalue weighted by Gasteiger charge is 2.47. The van der Waals surface area contributed by atoms with Crippen molar-refractivity contribution in [1.29, 1.82) is 0 Å². The molecule has 0 bridgehead atoms. The number of piperazine rings is 1. The first-order chi connectivity index (χ1) is 9.38. The van der Waals surface area contributed by atoms with Gasteiger partial charge in [0.25, 0.3) is 0 Å². The lowest BCUT2D eigenvalue weighted by Crippen LogP contribution is -2.70. The Morgan fingerprint density at radius 1 is 1.20 bits per heavy atom. The van der Waals surface area contributed by atoms with Crippen molar-refractivity contribution in [2.45, 2.75) is 83.8 Å². The molecule has 0 radical (unpaired) electrons. The van der Waals surface area contributed by atoms with Crippen LogP contribution in [0.15, 0.2) is 0 Å². The molecule has 20 heavy (non-hydrogen) atoms. The van der Waals surface area contributed by atoms with Gasteiger partial charge in [-0.3, -0.25) is 9.59 Å². The first-order valence-electron chi connectivity index (χ1n) is 8.03. The summed E-state index contributed by atoms with van der Waals surface area (Å²) in [7, 11) is 0. The molecule has 1 heterocycles. The quantitative estimate of drug-likeness (QED) is 0.790. The highest BCUT2D eigenvalue weighted by atomic mass is 16.2. The van der Waals surface area contributed by atoms with Crippen LogP contribution in [0, 0.1) is 5.92 Å². The van der Waals surface area contributed by atoms with Crippen LogP contribution in [0.3, 0.4) is 0 Å². The van der Waals surface area contributed by atoms with Gasteiger partial charge in [-0.1, -0.05) is 33.1 Å². The minimum Gasteiger partial charge on any atom is -0.340 e. The number of carbonyl (C=O) groups is 2. The monoisotopic (exact) mass is 280 g/mol. The van der Waals surface area contributed by atoms with Crippen LogP contribution < -0.4 is 5.32 Å². The second-order valence-corrected chi connectivity index (χ2v) is 6.93. The molecule has 114 valence electrons. The van der Waals surface area contributed by atoms with Crippen molar-refractivity contribution in [1.82, 2.24) is 10.2 Å². The zero-order chi connectivity index (χ0) is 14.9. The molecule has 1 saturated carbocycles. The Bertz CT molecular complexity index is 392. The van der Waals surface area contributed by atoms with Gasteiger partial charge >= 0.3 is 0 Å². The summed E-state index contributed by atoms with van der Waals surface area (Å²) in [6, 6.07) is -0.0682. The van der Waals surface area contributed by atoms with Gasteiger partial charge in [0, 0.05) is 6.04 Å². The maximum atomic E-state index is 12.8. The van der Waals surface area contributed by atoms with Crippen LogP contribution in [0.5, 0.6) is 0 Å². The summed E-state index contributed by atoms with van der Waals surface area (Å²) in [4.78, 5) is 27.1. The summed E-state index contributed by atoms with van der Waals surface area (Å²) in [5.41, 5.74) is -0.769. The fraction of sp³-hybridized carbons (Fsp3) is 0.875. The van der Waals surface area contributed by atoms with Crippen LogP contribution in [0.2, 0.25) is 0 Å². The summed E-state index contributed by atoms with van der Waals surface area (Å²) >= 11 is 0. The van der Waals surface area contributed by atoms with E-state index >= 15 is 0 Å². The van der Waals surface area contributed by atoms with E-state index in [2.05, 4.69) is 12.2 Å². The molecule has 2 rings (SSSR count). The van der Waals surface area contributed by atoms with E-state index in [1.54, 1.807) is 0 Å². The molecule has 0 spiro atoms. The molecule has 1 aliphatic carbocycles. The van der Waals surface area contributed by atoms with E-state index in [1.807, 2.05) is 25.7 Å². The summed E-state index contributed by atoms with van der Waals surface area (Å²) in [5, 5.41) is 2.88. The minimum absolute atomic E-state index is 0.00791. The van der Waals surface area contributed by atoms with Gasteiger partial charge in [0.15, 0.2) is 0 Å². The van der Waals surface area contributed by atoms with Gasteiger partial charge in [-0.25, -0.2) is 0 Å². The second kappa shape index (κ2) is 5.74. The summed E-state index contributed by atoms with van der Waals surface area (Å²) in [5.74, 6) is 0.577. The van der Waals surface area contributed by atoms with Gasteiger partial charge in [0.05, 0.1) is 0 Å². The molecule has 4 nitrogen and oxygen atoms in total. The van der Waals surface area contributed by atoms with Crippen molar-refractivity contribution < 1.29 is 9.59 Å². The first-order valence-corrected chi connectivity index (χ1v) is 8.03. The number of nitrogens with zero attached hydrogens (tertiary/aromatic N) is 1. The standard InChI is InChI=1S/C16H28N2O2/c1-5-12-14(19)17-16(3,4)15(20)18(12)13-10-8-6-7-9-11(13)2/h11-13H,5-10H2,1-4H3,(H,17,19). The summed E-state index contributed by atoms with van der Waals surface area (Å²) in [6.07, 6.45) is 6.54. The maximum absolute atomic E-state index is 12.8. The van der Waals surface area contributed by atoms with Crippen molar-refractivity contribution in [2.24, 2.45) is 5.92 Å². The van der Waals surface area contributed by atoms with E-state index in [0.29, 0.717) is 12.3 Å². The fourth-order valence-electron chi connectivity index (χ4n) is 3.69. The number of hydrogen-bond acceptors (Lipinski definition) is 2. The molecule has 1 saturated heterocycles. The third-order valence-corrected chi connectivity index (χ3v) is 4.90. The third-order valence-electron chi connectivity index (χ3n) is 4.90. The molecule has 3 unspecified atom stereocenters. The molecule has 3 atom stereocenters. The lowest BCUT2D eigenvalue weighted by atomic mass is 9.88. The maximum Gasteiger partial charge on any atom is 0.248 e. The SMILES string of the molecule is CCC1C(=O)NC(C)(C)C(=O)N1C1CCCCCC1C. The highest BCUT2D eigenvalue weighted by molar-refractivity contribution is 5.99. The molecular weight excluding hydrogens is 252 g/mol. The zero-order valence-electron chi connectivity index (χ0n) is 13.2. The normalized spacial score (nSPS) is 34.6. The molecule has 0 aromatic rings. The minimum atomic E-state index is -0.769. The largest absolute Gasteiger partial charge is 0.340 e. The molecule has 0 aromatic carbocycles. The van der Waals surface area contributed by atoms with Crippen molar-refractivity contribution in [3.05, 3.63) is 0 Å². The van der Waals surface area contributed by atoms with Crippen LogP contribution in [-0.2, 0) is 9.59 Å². The molecule has 2 fully saturated rings. The van der Waals surface area contributed by atoms with Crippen LogP contribution in [0.25, 0.3) is 0 Å². The zero-order valence-corrected chi connectivity index (χ0v) is 13.2. The van der Waals surface area contributed by atoms with Crippen molar-refractivity contribution >= 4 is 11.8 Å². The van der Waals surface area contributed by atoms with E-state index in [-0.39, 0.29) is 23.9 Å². The van der Waals surface area contributed by atoms with Crippen molar-refractivity contribution in [2.75, 3.05) is 0 Å². The van der Waals surface area contributed by atoms with Gasteiger partial charge in [0.2, 0.25) is 11.8 Å². The average Bonchev–Trinajstić information content (AvgIpc) is 2.58. The first kappa shape index (κ1) is 15.3. The smallest absolute Gasteiger partial charge is 0.248 e. The average molecular weight is 280 g/mol. The topological polar surface area (TPSA) is 49.4 Å². The van der Waals surface area contributed by atoms with E-state index in [1.165, 1.54) is 12.8 Å². The van der Waals surface area contributed by atoms with Gasteiger partial charge in [-0.15, -0.1) is 0 Å². The summed E-state index contributed by atoms with van der Waals surface area (Å²) < 4.78 is 0. The lowest BCUT2D eigenvalue weighted by molar-refractivity contribution is -0.158. The van der Waals surface area contributed by atoms with Crippen molar-refractivity contribution in [3.8, 4) is 0 Å². The number of hydrogen-bond donors (Lipinski definition) is 1. The van der Waals surface area contributed by atoms with Gasteiger partial charge < -0.3 is 10.2 Å². The Morgan fingerprint density at radius 3 is 2.50 bits per heavy atom. The van der Waals surface area contributed by atoms with Gasteiger partial charge in [0.1, 0.15) is 11.6 Å². The number of amides is 2. The fourth-order valence-corrected chi connectivity index (χ4v) is 3.69. The molecule has 2 aliphatic rings. The van der Waals surface area contributed by atoms with E-state index < -0.39 is 5.54 Å². The van der Waals surface area contributed by atoms with Crippen molar-refractivity contribution in [3.63, 3.8) is 0 Å². The van der Waals surface area contributed by atoms with Gasteiger partial charge in [-0.05, 0) is 39.0 Å². The van der Waals surface area contributed by atoms with Crippen LogP contribution in [0.1, 0.15) is 66.2 Å². The Labute approximate surface area is 122 Å². The predicted molar refractivity (Wildman–Crippen MR) is 79.2 cm³/mol. The van der Waals surface area contributed by atoms with E-state index in [9.17, 15) is 9.59 Å². The molecule has 4 heteroatoms. The Morgan fingerprint density at radius 2 is 1.85 bits per heavy atom. The van der Waals surface area contributed by atoms with Crippen LogP contribution in [-0.4, -0.2) is 34.3 Å². The Hall–Kier alpha value is -1.06. The second-order valence-electron chi connectivity index (χ2n) is 6.93. The molecule has 0 aromatic heterocycles. The number of nitrogens with one attached hydrogen (secondary N) is 1. The Balaban J connectivity index is 2.32. The van der Waals surface area contributed by atoms with E-state index in [0.717, 1.165) is 19.3 Å². The van der Waals surface area contributed by atoms with Gasteiger partial charge in [-0.2, -0.15) is 0 Å². The van der Waals surface area contributed by atoms with E-state index in [4.69, 9.17) is 0 Å². The number of carbonyl (C=O) groups excluding carboxylic acids is 2. The molecular formula is C16H28N2O2. The predicted octanol–water partition coefficient (Wildman–Crippen LogP) is 2.47. The summed E-state index contributed by atoms with van der Waals surface area (Å²) in [6.45, 7) is 7.85.